The summed E-state index contributed by atoms with van der Waals surface area (Å²) >= 11 is 0. The molecular formula is C15H18N4O. The summed E-state index contributed by atoms with van der Waals surface area (Å²) < 4.78 is 1.54. The van der Waals surface area contributed by atoms with E-state index in [0.717, 1.165) is 18.2 Å². The lowest BCUT2D eigenvalue weighted by Gasteiger charge is -2.09. The number of amides is 1. The molecule has 1 aliphatic rings. The molecule has 104 valence electrons. The number of nitrogens with two attached hydrogens (primary N) is 1. The fourth-order valence-corrected chi connectivity index (χ4v) is 2.39. The van der Waals surface area contributed by atoms with Gasteiger partial charge in [0.05, 0.1) is 11.9 Å². The summed E-state index contributed by atoms with van der Waals surface area (Å²) in [6.07, 6.45) is 6.11. The molecule has 0 aliphatic heterocycles. The molecule has 1 aliphatic carbocycles. The molecule has 2 aromatic rings. The van der Waals surface area contributed by atoms with E-state index >= 15 is 0 Å². The third kappa shape index (κ3) is 2.99. The summed E-state index contributed by atoms with van der Waals surface area (Å²) in [5, 5.41) is 7.43. The minimum Gasteiger partial charge on any atom is -0.378 e. The molecule has 0 atom stereocenters. The van der Waals surface area contributed by atoms with Gasteiger partial charge in [-0.15, -0.1) is 0 Å². The van der Waals surface area contributed by atoms with Crippen molar-refractivity contribution in [3.05, 3.63) is 47.8 Å². The van der Waals surface area contributed by atoms with Gasteiger partial charge in [-0.3, -0.25) is 9.48 Å². The first kappa shape index (κ1) is 12.7. The molecule has 1 heterocycles. The largest absolute Gasteiger partial charge is 0.378 e. The first-order valence-electron chi connectivity index (χ1n) is 6.85. The third-order valence-electron chi connectivity index (χ3n) is 3.51. The van der Waals surface area contributed by atoms with E-state index in [0.29, 0.717) is 0 Å². The Morgan fingerprint density at radius 1 is 1.40 bits per heavy atom. The zero-order valence-electron chi connectivity index (χ0n) is 11.2. The van der Waals surface area contributed by atoms with E-state index in [1.165, 1.54) is 28.7 Å². The van der Waals surface area contributed by atoms with Gasteiger partial charge >= 0.3 is 0 Å². The third-order valence-corrected chi connectivity index (χ3v) is 3.51. The highest BCUT2D eigenvalue weighted by molar-refractivity contribution is 5.73. The van der Waals surface area contributed by atoms with Crippen molar-refractivity contribution in [1.29, 1.82) is 0 Å². The summed E-state index contributed by atoms with van der Waals surface area (Å²) in [5.74, 6) is 0.351. The molecule has 3 rings (SSSR count). The van der Waals surface area contributed by atoms with Crippen molar-refractivity contribution in [3.63, 3.8) is 0 Å². The van der Waals surface area contributed by atoms with E-state index in [1.54, 1.807) is 12.4 Å². The second-order valence-electron chi connectivity index (χ2n) is 5.22. The van der Waals surface area contributed by atoms with Gasteiger partial charge in [0.2, 0.25) is 5.91 Å². The van der Waals surface area contributed by atoms with Crippen LogP contribution in [0.25, 0.3) is 0 Å². The Balaban J connectivity index is 1.64. The van der Waals surface area contributed by atoms with Crippen molar-refractivity contribution >= 4 is 11.6 Å². The van der Waals surface area contributed by atoms with Crippen molar-refractivity contribution < 1.29 is 4.79 Å². The molecule has 1 amide bonds. The van der Waals surface area contributed by atoms with Gasteiger partial charge in [0.15, 0.2) is 0 Å². The van der Waals surface area contributed by atoms with Crippen LogP contribution >= 0.6 is 0 Å². The number of carbonyl (C=O) groups excluding carboxylic acids is 1. The van der Waals surface area contributed by atoms with Crippen LogP contribution in [0.2, 0.25) is 0 Å². The maximum absolute atomic E-state index is 10.8. The maximum atomic E-state index is 10.8. The standard InChI is InChI=1S/C15H18N4O/c16-15(20)10-19-9-13(8-18-19)17-7-12-3-1-2-4-14(12)11-5-6-11/h1-4,8-9,11,17H,5-7,10H2,(H2,16,20). The molecule has 1 aromatic carbocycles. The van der Waals surface area contributed by atoms with Crippen LogP contribution in [0.3, 0.4) is 0 Å². The van der Waals surface area contributed by atoms with Gasteiger partial charge in [-0.1, -0.05) is 24.3 Å². The van der Waals surface area contributed by atoms with Crippen LogP contribution in [0.15, 0.2) is 36.7 Å². The molecule has 1 aromatic heterocycles. The minimum atomic E-state index is -0.390. The zero-order chi connectivity index (χ0) is 13.9. The van der Waals surface area contributed by atoms with E-state index in [9.17, 15) is 4.79 Å². The lowest BCUT2D eigenvalue weighted by molar-refractivity contribution is -0.118. The smallest absolute Gasteiger partial charge is 0.239 e. The predicted molar refractivity (Wildman–Crippen MR) is 77.2 cm³/mol. The van der Waals surface area contributed by atoms with Crippen LogP contribution in [0.5, 0.6) is 0 Å². The van der Waals surface area contributed by atoms with Gasteiger partial charge in [-0.2, -0.15) is 5.10 Å². The average molecular weight is 270 g/mol. The molecule has 1 fully saturated rings. The van der Waals surface area contributed by atoms with Gasteiger partial charge in [0.25, 0.3) is 0 Å². The monoisotopic (exact) mass is 270 g/mol. The number of nitrogens with zero attached hydrogens (tertiary/aromatic N) is 2. The van der Waals surface area contributed by atoms with Crippen LogP contribution in [-0.4, -0.2) is 15.7 Å². The van der Waals surface area contributed by atoms with Crippen LogP contribution in [0.4, 0.5) is 5.69 Å². The summed E-state index contributed by atoms with van der Waals surface area (Å²) in [6, 6.07) is 8.54. The topological polar surface area (TPSA) is 72.9 Å². The van der Waals surface area contributed by atoms with Crippen LogP contribution in [0, 0.1) is 0 Å². The minimum absolute atomic E-state index is 0.111. The number of rotatable bonds is 6. The lowest BCUT2D eigenvalue weighted by atomic mass is 10.0. The molecule has 20 heavy (non-hydrogen) atoms. The highest BCUT2D eigenvalue weighted by atomic mass is 16.1. The highest BCUT2D eigenvalue weighted by Gasteiger charge is 2.25. The molecule has 3 N–H and O–H groups in total. The SMILES string of the molecule is NC(=O)Cn1cc(NCc2ccccc2C2CC2)cn1. The van der Waals surface area contributed by atoms with Gasteiger partial charge in [-0.25, -0.2) is 0 Å². The summed E-state index contributed by atoms with van der Waals surface area (Å²) in [4.78, 5) is 10.8. The Morgan fingerprint density at radius 2 is 2.20 bits per heavy atom. The number of hydrogen-bond donors (Lipinski definition) is 2. The molecule has 0 unspecified atom stereocenters. The average Bonchev–Trinajstić information content (AvgIpc) is 3.18. The molecule has 0 radical (unpaired) electrons. The first-order chi connectivity index (χ1) is 9.72. The van der Waals surface area contributed by atoms with E-state index < -0.39 is 5.91 Å². The number of anilines is 1. The van der Waals surface area contributed by atoms with E-state index in [2.05, 4.69) is 34.7 Å². The van der Waals surface area contributed by atoms with E-state index in [1.807, 2.05) is 0 Å². The van der Waals surface area contributed by atoms with Crippen LogP contribution in [-0.2, 0) is 17.9 Å². The van der Waals surface area contributed by atoms with Crippen molar-refractivity contribution in [2.24, 2.45) is 5.73 Å². The van der Waals surface area contributed by atoms with E-state index in [4.69, 9.17) is 5.73 Å². The molecule has 0 spiro atoms. The predicted octanol–water partition coefficient (Wildman–Crippen LogP) is 1.86. The Bertz CT molecular complexity index is 616. The fourth-order valence-electron chi connectivity index (χ4n) is 2.39. The molecule has 5 heteroatoms. The van der Waals surface area contributed by atoms with Gasteiger partial charge in [0, 0.05) is 12.7 Å². The second-order valence-corrected chi connectivity index (χ2v) is 5.22. The summed E-state index contributed by atoms with van der Waals surface area (Å²) in [6.45, 7) is 0.884. The Morgan fingerprint density at radius 3 is 2.95 bits per heavy atom. The van der Waals surface area contributed by atoms with Gasteiger partial charge in [0.1, 0.15) is 6.54 Å². The summed E-state index contributed by atoms with van der Waals surface area (Å²) in [5.41, 5.74) is 8.82. The zero-order valence-corrected chi connectivity index (χ0v) is 11.2. The molecular weight excluding hydrogens is 252 g/mol. The number of primary amides is 1. The molecule has 1 saturated carbocycles. The Labute approximate surface area is 117 Å². The highest BCUT2D eigenvalue weighted by Crippen LogP contribution is 2.41. The normalized spacial score (nSPS) is 14.2. The van der Waals surface area contributed by atoms with Crippen molar-refractivity contribution in [2.75, 3.05) is 5.32 Å². The number of benzene rings is 1. The lowest BCUT2D eigenvalue weighted by Crippen LogP contribution is -2.18. The summed E-state index contributed by atoms with van der Waals surface area (Å²) in [7, 11) is 0. The molecule has 0 bridgehead atoms. The maximum Gasteiger partial charge on any atom is 0.239 e. The number of carbonyl (C=O) groups is 1. The number of hydrogen-bond acceptors (Lipinski definition) is 3. The fraction of sp³-hybridized carbons (Fsp3) is 0.333. The van der Waals surface area contributed by atoms with Crippen LogP contribution < -0.4 is 11.1 Å². The Hall–Kier alpha value is -2.30. The molecule has 0 saturated heterocycles. The Kier molecular flexibility index (Phi) is 3.41. The second kappa shape index (κ2) is 5.36. The van der Waals surface area contributed by atoms with E-state index in [-0.39, 0.29) is 6.54 Å². The van der Waals surface area contributed by atoms with Gasteiger partial charge in [-0.05, 0) is 29.9 Å². The molecule has 5 nitrogen and oxygen atoms in total. The quantitative estimate of drug-likeness (QED) is 0.841. The van der Waals surface area contributed by atoms with Crippen molar-refractivity contribution in [3.8, 4) is 0 Å². The van der Waals surface area contributed by atoms with Crippen LogP contribution in [0.1, 0.15) is 29.9 Å². The van der Waals surface area contributed by atoms with Gasteiger partial charge < -0.3 is 11.1 Å². The van der Waals surface area contributed by atoms with Crippen molar-refractivity contribution in [1.82, 2.24) is 9.78 Å². The number of aromatic nitrogens is 2. The van der Waals surface area contributed by atoms with Crippen molar-refractivity contribution in [2.45, 2.75) is 31.8 Å². The first-order valence-corrected chi connectivity index (χ1v) is 6.85. The number of nitrogens with one attached hydrogen (secondary N) is 1.